The second-order valence-electron chi connectivity index (χ2n) is 11.9. The largest absolute Gasteiger partial charge is 0.410 e. The van der Waals surface area contributed by atoms with E-state index < -0.39 is 9.84 Å². The molecule has 6 rings (SSSR count). The van der Waals surface area contributed by atoms with Crippen molar-refractivity contribution in [2.45, 2.75) is 54.6 Å². The third-order valence-corrected chi connectivity index (χ3v) is 12.3. The lowest BCUT2D eigenvalue weighted by Crippen LogP contribution is -2.43. The number of fused-ring (bicyclic) bond motifs is 3. The van der Waals surface area contributed by atoms with Gasteiger partial charge >= 0.3 is 0 Å². The first-order valence-electron chi connectivity index (χ1n) is 13.9. The van der Waals surface area contributed by atoms with Crippen molar-refractivity contribution >= 4 is 44.8 Å². The maximum absolute atomic E-state index is 13.6. The highest BCUT2D eigenvalue weighted by Crippen LogP contribution is 2.43. The van der Waals surface area contributed by atoms with Crippen molar-refractivity contribution in [3.05, 3.63) is 76.6 Å². The zero-order chi connectivity index (χ0) is 28.9. The molecule has 1 heterocycles. The number of piperazine rings is 1. The van der Waals surface area contributed by atoms with Crippen molar-refractivity contribution in [3.8, 4) is 11.1 Å². The summed E-state index contributed by atoms with van der Waals surface area (Å²) in [4.78, 5) is 3.46. The number of hydrogen-bond donors (Lipinski definition) is 1. The summed E-state index contributed by atoms with van der Waals surface area (Å²) >= 11 is 7.90. The summed E-state index contributed by atoms with van der Waals surface area (Å²) in [7, 11) is -3.49. The number of nitrogens with zero attached hydrogens (tertiary/aromatic N) is 3. The summed E-state index contributed by atoms with van der Waals surface area (Å²) in [5, 5.41) is 13.7. The Hall–Kier alpha value is -2.59. The number of oxime groups is 1. The molecular formula is C31H33ClFN3O3S2. The Kier molecular flexibility index (Phi) is 7.59. The van der Waals surface area contributed by atoms with Gasteiger partial charge in [0.1, 0.15) is 11.5 Å². The molecule has 0 radical (unpaired) electrons. The van der Waals surface area contributed by atoms with Gasteiger partial charge in [0.2, 0.25) is 0 Å². The molecule has 2 aliphatic carbocycles. The molecule has 1 aliphatic heterocycles. The van der Waals surface area contributed by atoms with Crippen LogP contribution in [-0.2, 0) is 9.84 Å². The number of halogens is 2. The minimum absolute atomic E-state index is 0.182. The Morgan fingerprint density at radius 3 is 2.24 bits per heavy atom. The van der Waals surface area contributed by atoms with Crippen molar-refractivity contribution < 1.29 is 18.0 Å². The highest BCUT2D eigenvalue weighted by atomic mass is 35.5. The highest BCUT2D eigenvalue weighted by molar-refractivity contribution is 7.97. The van der Waals surface area contributed by atoms with Crippen molar-refractivity contribution in [3.63, 3.8) is 0 Å². The zero-order valence-electron chi connectivity index (χ0n) is 23.1. The molecular weight excluding hydrogens is 581 g/mol. The van der Waals surface area contributed by atoms with Gasteiger partial charge in [-0.15, -0.1) is 0 Å². The van der Waals surface area contributed by atoms with Gasteiger partial charge in [0, 0.05) is 42.2 Å². The van der Waals surface area contributed by atoms with Crippen molar-refractivity contribution in [1.29, 1.82) is 0 Å². The van der Waals surface area contributed by atoms with Crippen LogP contribution in [0.5, 0.6) is 0 Å². The van der Waals surface area contributed by atoms with Crippen molar-refractivity contribution in [2.24, 2.45) is 10.6 Å². The van der Waals surface area contributed by atoms with E-state index in [2.05, 4.69) is 28.2 Å². The van der Waals surface area contributed by atoms with Crippen molar-refractivity contribution in [2.75, 3.05) is 31.1 Å². The standard InChI is InChI=1S/C31H33ClFN3O3S2/c1-31(2)11-9-22(10-12-31)41(38,39)23-5-7-25-24-6-4-21(18-26(24)30(34-37)27(25)19-23)40-36-15-13-35(14-16-36)29-8-3-20(33)17-28(29)32/h3-8,17-19,22,37H,9-16H2,1-2H3/b34-30-. The van der Waals surface area contributed by atoms with Crippen LogP contribution in [0.1, 0.15) is 50.7 Å². The Bertz CT molecular complexity index is 1630. The molecule has 0 amide bonds. The Balaban J connectivity index is 1.18. The molecule has 3 aliphatic rings. The maximum Gasteiger partial charge on any atom is 0.181 e. The minimum atomic E-state index is -3.49. The number of anilines is 1. The molecule has 1 saturated carbocycles. The van der Waals surface area contributed by atoms with Gasteiger partial charge in [0.25, 0.3) is 0 Å². The van der Waals surface area contributed by atoms with Crippen LogP contribution in [0, 0.1) is 11.2 Å². The van der Waals surface area contributed by atoms with Crippen LogP contribution in [0.25, 0.3) is 11.1 Å². The Labute approximate surface area is 250 Å². The second kappa shape index (κ2) is 10.9. The molecule has 216 valence electrons. The number of rotatable bonds is 5. The van der Waals surface area contributed by atoms with Crippen LogP contribution in [-0.4, -0.2) is 55.1 Å². The normalized spacial score (nSPS) is 20.3. The average Bonchev–Trinajstić information content (AvgIpc) is 3.25. The molecule has 0 atom stereocenters. The summed E-state index contributed by atoms with van der Waals surface area (Å²) in [6, 6.07) is 15.8. The van der Waals surface area contributed by atoms with Crippen LogP contribution in [0.15, 0.2) is 69.5 Å². The lowest BCUT2D eigenvalue weighted by atomic mass is 9.77. The van der Waals surface area contributed by atoms with Crippen LogP contribution in [0.4, 0.5) is 10.1 Å². The van der Waals surface area contributed by atoms with Gasteiger partial charge in [0.05, 0.1) is 20.9 Å². The third kappa shape index (κ3) is 5.49. The molecule has 41 heavy (non-hydrogen) atoms. The lowest BCUT2D eigenvalue weighted by molar-refractivity contribution is 0.246. The molecule has 2 fully saturated rings. The zero-order valence-corrected chi connectivity index (χ0v) is 25.5. The Morgan fingerprint density at radius 2 is 1.59 bits per heavy atom. The van der Waals surface area contributed by atoms with E-state index in [9.17, 15) is 18.0 Å². The molecule has 0 spiro atoms. The summed E-state index contributed by atoms with van der Waals surface area (Å²) in [5.41, 5.74) is 4.65. The fourth-order valence-corrected chi connectivity index (χ4v) is 9.19. The van der Waals surface area contributed by atoms with Gasteiger partial charge in [-0.05, 0) is 96.6 Å². The van der Waals surface area contributed by atoms with Gasteiger partial charge in [-0.25, -0.2) is 17.1 Å². The molecule has 1 N–H and O–H groups in total. The van der Waals surface area contributed by atoms with Gasteiger partial charge in [-0.3, -0.25) is 0 Å². The summed E-state index contributed by atoms with van der Waals surface area (Å²) in [5.74, 6) is -0.344. The van der Waals surface area contributed by atoms with E-state index >= 15 is 0 Å². The van der Waals surface area contributed by atoms with Crippen LogP contribution in [0.2, 0.25) is 5.02 Å². The summed E-state index contributed by atoms with van der Waals surface area (Å²) in [6.45, 7) is 7.49. The van der Waals surface area contributed by atoms with Gasteiger partial charge in [0.15, 0.2) is 9.84 Å². The molecule has 6 nitrogen and oxygen atoms in total. The molecule has 0 bridgehead atoms. The van der Waals surface area contributed by atoms with E-state index in [0.717, 1.165) is 66.3 Å². The quantitative estimate of drug-likeness (QED) is 0.145. The molecule has 1 saturated heterocycles. The first-order valence-corrected chi connectivity index (χ1v) is 16.6. The van der Waals surface area contributed by atoms with Gasteiger partial charge in [-0.1, -0.05) is 42.7 Å². The first-order chi connectivity index (χ1) is 19.6. The second-order valence-corrected chi connectivity index (χ2v) is 15.7. The summed E-state index contributed by atoms with van der Waals surface area (Å²) < 4.78 is 42.8. The molecule has 3 aromatic rings. The fourth-order valence-electron chi connectivity index (χ4n) is 6.18. The highest BCUT2D eigenvalue weighted by Gasteiger charge is 2.36. The maximum atomic E-state index is 13.6. The smallest absolute Gasteiger partial charge is 0.181 e. The third-order valence-electron chi connectivity index (χ3n) is 8.66. The van der Waals surface area contributed by atoms with Crippen LogP contribution in [0.3, 0.4) is 0 Å². The average molecular weight is 614 g/mol. The Morgan fingerprint density at radius 1 is 0.927 bits per heavy atom. The van der Waals surface area contributed by atoms with Crippen molar-refractivity contribution in [1.82, 2.24) is 4.31 Å². The molecule has 3 aromatic carbocycles. The fraction of sp³-hybridized carbons (Fsp3) is 0.387. The number of hydrogen-bond acceptors (Lipinski definition) is 7. The van der Waals surface area contributed by atoms with E-state index in [1.165, 1.54) is 12.1 Å². The topological polar surface area (TPSA) is 73.2 Å². The van der Waals surface area contributed by atoms with E-state index in [-0.39, 0.29) is 16.5 Å². The van der Waals surface area contributed by atoms with E-state index in [4.69, 9.17) is 11.6 Å². The summed E-state index contributed by atoms with van der Waals surface area (Å²) in [6.07, 6.45) is 3.12. The lowest BCUT2D eigenvalue weighted by Gasteiger charge is -2.35. The molecule has 0 aromatic heterocycles. The SMILES string of the molecule is CC1(C)CCC(S(=O)(=O)c2ccc3c(c2)/C(=N\O)c2cc(SN4CCN(c5ccc(F)cc5Cl)CC4)ccc2-3)CC1. The molecule has 10 heteroatoms. The van der Waals surface area contributed by atoms with Crippen LogP contribution < -0.4 is 4.90 Å². The first kappa shape index (κ1) is 28.5. The predicted molar refractivity (Wildman–Crippen MR) is 164 cm³/mol. The number of sulfone groups is 1. The minimum Gasteiger partial charge on any atom is -0.410 e. The number of benzene rings is 3. The van der Waals surface area contributed by atoms with E-state index in [1.54, 1.807) is 30.1 Å². The molecule has 0 unspecified atom stereocenters. The van der Waals surface area contributed by atoms with Crippen LogP contribution >= 0.6 is 23.5 Å². The van der Waals surface area contributed by atoms with Gasteiger partial charge in [-0.2, -0.15) is 0 Å². The van der Waals surface area contributed by atoms with E-state index in [1.807, 2.05) is 24.3 Å². The predicted octanol–water partition coefficient (Wildman–Crippen LogP) is 7.26. The van der Waals surface area contributed by atoms with Gasteiger partial charge < -0.3 is 10.1 Å². The van der Waals surface area contributed by atoms with E-state index in [0.29, 0.717) is 34.0 Å². The monoisotopic (exact) mass is 613 g/mol.